The average Bonchev–Trinajstić information content (AvgIpc) is 2.71. The van der Waals surface area contributed by atoms with E-state index in [2.05, 4.69) is 4.37 Å². The van der Waals surface area contributed by atoms with Crippen LogP contribution in [0.2, 0.25) is 0 Å². The zero-order chi connectivity index (χ0) is 15.2. The molecule has 0 radical (unpaired) electrons. The fraction of sp³-hybridized carbons (Fsp3) is 0.636. The van der Waals surface area contributed by atoms with Gasteiger partial charge in [-0.25, -0.2) is 4.79 Å². The first-order valence-electron chi connectivity index (χ1n) is 6.19. The summed E-state index contributed by atoms with van der Waals surface area (Å²) in [6.45, 7) is 5.13. The molecule has 0 saturated carbocycles. The minimum Gasteiger partial charge on any atom is -0.462 e. The highest BCUT2D eigenvalue weighted by molar-refractivity contribution is 8.07. The molecule has 0 aliphatic heterocycles. The SMILES string of the molecule is CCOC(=O)c1c(OP(=S)(OCC)OCC)nsc1C. The zero-order valence-corrected chi connectivity index (χ0v) is 14.4. The fourth-order valence-electron chi connectivity index (χ4n) is 1.36. The van der Waals surface area contributed by atoms with Gasteiger partial charge in [-0.2, -0.15) is 4.37 Å². The first-order chi connectivity index (χ1) is 9.47. The Bertz CT molecular complexity index is 495. The van der Waals surface area contributed by atoms with Gasteiger partial charge in [0.25, 0.3) is 0 Å². The molecule has 6 nitrogen and oxygen atoms in total. The first kappa shape index (κ1) is 17.5. The van der Waals surface area contributed by atoms with E-state index in [1.807, 2.05) is 0 Å². The average molecular weight is 339 g/mol. The van der Waals surface area contributed by atoms with E-state index >= 15 is 0 Å². The van der Waals surface area contributed by atoms with Crippen molar-refractivity contribution in [1.82, 2.24) is 4.37 Å². The van der Waals surface area contributed by atoms with E-state index in [4.69, 9.17) is 30.1 Å². The number of nitrogens with zero attached hydrogens (tertiary/aromatic N) is 1. The van der Waals surface area contributed by atoms with Crippen molar-refractivity contribution in [2.24, 2.45) is 0 Å². The number of carbonyl (C=O) groups is 1. The van der Waals surface area contributed by atoms with Crippen molar-refractivity contribution >= 4 is 36.0 Å². The smallest absolute Gasteiger partial charge is 0.381 e. The number of aromatic nitrogens is 1. The lowest BCUT2D eigenvalue weighted by atomic mass is 10.3. The molecular formula is C11H18NO5PS2. The van der Waals surface area contributed by atoms with Gasteiger partial charge in [0.15, 0.2) is 0 Å². The molecule has 0 fully saturated rings. The first-order valence-corrected chi connectivity index (χ1v) is 9.52. The minimum absolute atomic E-state index is 0.121. The fourth-order valence-corrected chi connectivity index (χ4v) is 4.03. The highest BCUT2D eigenvalue weighted by atomic mass is 32.5. The topological polar surface area (TPSA) is 66.9 Å². The van der Waals surface area contributed by atoms with Gasteiger partial charge in [-0.05, 0) is 39.2 Å². The Kier molecular flexibility index (Phi) is 7.05. The highest BCUT2D eigenvalue weighted by Crippen LogP contribution is 2.50. The number of rotatable bonds is 8. The molecule has 0 spiro atoms. The Morgan fingerprint density at radius 1 is 1.25 bits per heavy atom. The molecule has 9 heteroatoms. The summed E-state index contributed by atoms with van der Waals surface area (Å²) in [5.41, 5.74) is 0.283. The number of carbonyl (C=O) groups excluding carboxylic acids is 1. The number of esters is 1. The molecule has 0 amide bonds. The third-order valence-electron chi connectivity index (χ3n) is 2.08. The number of hydrogen-bond acceptors (Lipinski definition) is 8. The molecule has 1 aromatic rings. The molecule has 1 aromatic heterocycles. The predicted octanol–water partition coefficient (Wildman–Crippen LogP) is 3.30. The summed E-state index contributed by atoms with van der Waals surface area (Å²) in [6.07, 6.45) is 0. The second kappa shape index (κ2) is 8.05. The van der Waals surface area contributed by atoms with Crippen LogP contribution in [0.25, 0.3) is 0 Å². The maximum Gasteiger partial charge on any atom is 0.381 e. The molecule has 0 aliphatic rings. The molecule has 0 saturated heterocycles. The summed E-state index contributed by atoms with van der Waals surface area (Å²) >= 11 is 6.41. The van der Waals surface area contributed by atoms with E-state index in [0.717, 1.165) is 11.5 Å². The third-order valence-corrected chi connectivity index (χ3v) is 5.22. The van der Waals surface area contributed by atoms with Crippen LogP contribution in [-0.2, 0) is 25.6 Å². The predicted molar refractivity (Wildman–Crippen MR) is 81.0 cm³/mol. The largest absolute Gasteiger partial charge is 0.462 e. The molecule has 0 unspecified atom stereocenters. The number of ether oxygens (including phenoxy) is 1. The lowest BCUT2D eigenvalue weighted by Crippen LogP contribution is -2.09. The molecule has 20 heavy (non-hydrogen) atoms. The number of aryl methyl sites for hydroxylation is 1. The molecule has 0 aromatic carbocycles. The monoisotopic (exact) mass is 339 g/mol. The molecule has 0 bridgehead atoms. The molecule has 1 heterocycles. The number of hydrogen-bond donors (Lipinski definition) is 0. The summed E-state index contributed by atoms with van der Waals surface area (Å²) in [7, 11) is 0. The van der Waals surface area contributed by atoms with Crippen LogP contribution in [0.4, 0.5) is 0 Å². The van der Waals surface area contributed by atoms with E-state index in [1.54, 1.807) is 27.7 Å². The van der Waals surface area contributed by atoms with Gasteiger partial charge in [0.05, 0.1) is 19.8 Å². The van der Waals surface area contributed by atoms with Crippen LogP contribution in [0.3, 0.4) is 0 Å². The van der Waals surface area contributed by atoms with Gasteiger partial charge in [-0.3, -0.25) is 9.05 Å². The van der Waals surface area contributed by atoms with Crippen LogP contribution in [0.15, 0.2) is 0 Å². The second-order valence-electron chi connectivity index (χ2n) is 3.51. The second-order valence-corrected chi connectivity index (χ2v) is 7.43. The van der Waals surface area contributed by atoms with Crippen molar-refractivity contribution in [2.75, 3.05) is 19.8 Å². The van der Waals surface area contributed by atoms with Gasteiger partial charge in [-0.1, -0.05) is 0 Å². The van der Waals surface area contributed by atoms with Gasteiger partial charge in [0.1, 0.15) is 5.56 Å². The Balaban J connectivity index is 3.02. The Morgan fingerprint density at radius 3 is 2.35 bits per heavy atom. The van der Waals surface area contributed by atoms with Crippen LogP contribution in [0.1, 0.15) is 36.0 Å². The quantitative estimate of drug-likeness (QED) is 0.532. The molecule has 0 aliphatic carbocycles. The minimum atomic E-state index is -2.94. The molecule has 1 rings (SSSR count). The van der Waals surface area contributed by atoms with Gasteiger partial charge >= 0.3 is 12.7 Å². The van der Waals surface area contributed by atoms with Gasteiger partial charge in [0, 0.05) is 16.7 Å². The van der Waals surface area contributed by atoms with Gasteiger partial charge in [0.2, 0.25) is 5.88 Å². The summed E-state index contributed by atoms with van der Waals surface area (Å²) in [5, 5.41) is 0. The van der Waals surface area contributed by atoms with Crippen LogP contribution in [0, 0.1) is 6.92 Å². The highest BCUT2D eigenvalue weighted by Gasteiger charge is 2.28. The van der Waals surface area contributed by atoms with Crippen molar-refractivity contribution < 1.29 is 23.1 Å². The van der Waals surface area contributed by atoms with Crippen LogP contribution < -0.4 is 4.52 Å². The van der Waals surface area contributed by atoms with Crippen molar-refractivity contribution in [3.05, 3.63) is 10.4 Å². The Hall–Kier alpha value is -0.530. The van der Waals surface area contributed by atoms with Crippen LogP contribution >= 0.6 is 18.3 Å². The molecular weight excluding hydrogens is 321 g/mol. The molecule has 0 atom stereocenters. The van der Waals surface area contributed by atoms with Crippen molar-refractivity contribution in [3.8, 4) is 5.88 Å². The summed E-state index contributed by atoms with van der Waals surface area (Å²) < 4.78 is 25.4. The zero-order valence-electron chi connectivity index (χ0n) is 11.9. The van der Waals surface area contributed by atoms with E-state index in [1.165, 1.54) is 0 Å². The third kappa shape index (κ3) is 4.49. The normalized spacial score (nSPS) is 11.4. The molecule has 0 N–H and O–H groups in total. The van der Waals surface area contributed by atoms with Crippen molar-refractivity contribution in [2.45, 2.75) is 27.7 Å². The maximum atomic E-state index is 11.9. The lowest BCUT2D eigenvalue weighted by molar-refractivity contribution is 0.0523. The van der Waals surface area contributed by atoms with E-state index < -0.39 is 12.7 Å². The van der Waals surface area contributed by atoms with Crippen molar-refractivity contribution in [1.29, 1.82) is 0 Å². The van der Waals surface area contributed by atoms with Crippen LogP contribution in [0.5, 0.6) is 5.88 Å². The Morgan fingerprint density at radius 2 is 1.85 bits per heavy atom. The van der Waals surface area contributed by atoms with E-state index in [9.17, 15) is 4.79 Å². The van der Waals surface area contributed by atoms with E-state index in [0.29, 0.717) is 18.1 Å². The Labute approximate surface area is 127 Å². The van der Waals surface area contributed by atoms with E-state index in [-0.39, 0.29) is 18.1 Å². The summed E-state index contributed by atoms with van der Waals surface area (Å²) in [6, 6.07) is 0. The summed E-state index contributed by atoms with van der Waals surface area (Å²) in [5.74, 6) is -0.362. The van der Waals surface area contributed by atoms with Crippen LogP contribution in [-0.4, -0.2) is 30.2 Å². The van der Waals surface area contributed by atoms with Gasteiger partial charge in [-0.15, -0.1) is 0 Å². The standard InChI is InChI=1S/C11H18NO5PS2/c1-5-14-11(13)9-8(4)20-12-10(9)17-18(19,15-6-2)16-7-3/h5-7H2,1-4H3. The lowest BCUT2D eigenvalue weighted by Gasteiger charge is -2.20. The summed E-state index contributed by atoms with van der Waals surface area (Å²) in [4.78, 5) is 12.6. The molecule has 114 valence electrons. The van der Waals surface area contributed by atoms with Gasteiger partial charge < -0.3 is 9.26 Å². The maximum absolute atomic E-state index is 11.9. The van der Waals surface area contributed by atoms with Crippen molar-refractivity contribution in [3.63, 3.8) is 0 Å².